The number of halogens is 1. The monoisotopic (exact) mass is 347 g/mol. The third kappa shape index (κ3) is 3.46. The second kappa shape index (κ2) is 5.48. The maximum atomic E-state index is 12.2. The van der Waals surface area contributed by atoms with Gasteiger partial charge in [-0.05, 0) is 40.5 Å². The van der Waals surface area contributed by atoms with Crippen molar-refractivity contribution >= 4 is 37.5 Å². The summed E-state index contributed by atoms with van der Waals surface area (Å²) in [5.74, 6) is -0.0550. The highest BCUT2D eigenvalue weighted by molar-refractivity contribution is 9.10. The largest absolute Gasteiger partial charge is 0.399 e. The van der Waals surface area contributed by atoms with Gasteiger partial charge in [0.1, 0.15) is 0 Å². The summed E-state index contributed by atoms with van der Waals surface area (Å²) in [5.41, 5.74) is 5.98. The van der Waals surface area contributed by atoms with Crippen LogP contribution in [0.4, 0.5) is 5.69 Å². The standard InChI is InChI=1S/C11H14BrN3O3S/c12-9-3-1-7(13)5-10(9)19(17,18)15-8-2-4-11(16)14-6-8/h1,3,5,8,15H,2,4,6,13H2,(H,14,16). The zero-order valence-corrected chi connectivity index (χ0v) is 12.4. The molecule has 0 aliphatic carbocycles. The Morgan fingerprint density at radius 2 is 2.16 bits per heavy atom. The van der Waals surface area contributed by atoms with E-state index in [0.29, 0.717) is 29.5 Å². The van der Waals surface area contributed by atoms with Crippen molar-refractivity contribution in [1.29, 1.82) is 0 Å². The molecule has 1 aromatic carbocycles. The Balaban J connectivity index is 2.18. The van der Waals surface area contributed by atoms with Crippen LogP contribution < -0.4 is 15.8 Å². The maximum absolute atomic E-state index is 12.2. The quantitative estimate of drug-likeness (QED) is 0.696. The molecule has 1 aliphatic heterocycles. The van der Waals surface area contributed by atoms with Crippen LogP contribution in [0, 0.1) is 0 Å². The molecular formula is C11H14BrN3O3S. The van der Waals surface area contributed by atoms with Crippen LogP contribution in [0.2, 0.25) is 0 Å². The van der Waals surface area contributed by atoms with Crippen LogP contribution >= 0.6 is 15.9 Å². The summed E-state index contributed by atoms with van der Waals surface area (Å²) in [7, 11) is -3.66. The van der Waals surface area contributed by atoms with Gasteiger partial charge in [0.05, 0.1) is 4.90 Å². The molecule has 0 aromatic heterocycles. The average Bonchev–Trinajstić information content (AvgIpc) is 2.35. The van der Waals surface area contributed by atoms with Crippen LogP contribution in [0.1, 0.15) is 12.8 Å². The molecule has 8 heteroatoms. The molecule has 1 aliphatic rings. The summed E-state index contributed by atoms with van der Waals surface area (Å²) in [4.78, 5) is 11.1. The zero-order valence-electron chi connectivity index (χ0n) is 10.0. The van der Waals surface area contributed by atoms with Crippen LogP contribution in [0.15, 0.2) is 27.6 Å². The highest BCUT2D eigenvalue weighted by Crippen LogP contribution is 2.24. The Labute approximate surface area is 119 Å². The van der Waals surface area contributed by atoms with E-state index >= 15 is 0 Å². The van der Waals surface area contributed by atoms with Gasteiger partial charge in [-0.3, -0.25) is 4.79 Å². The smallest absolute Gasteiger partial charge is 0.242 e. The summed E-state index contributed by atoms with van der Waals surface area (Å²) in [6.45, 7) is 0.304. The van der Waals surface area contributed by atoms with Crippen LogP contribution in [-0.2, 0) is 14.8 Å². The van der Waals surface area contributed by atoms with E-state index in [1.165, 1.54) is 6.07 Å². The van der Waals surface area contributed by atoms with E-state index in [0.717, 1.165) is 0 Å². The number of benzene rings is 1. The summed E-state index contributed by atoms with van der Waals surface area (Å²) in [6.07, 6.45) is 0.816. The molecule has 1 unspecified atom stereocenters. The van der Waals surface area contributed by atoms with Gasteiger partial charge in [-0.15, -0.1) is 0 Å². The third-order valence-electron chi connectivity index (χ3n) is 2.83. The Morgan fingerprint density at radius 1 is 1.42 bits per heavy atom. The molecular weight excluding hydrogens is 334 g/mol. The minimum absolute atomic E-state index is 0.0550. The Morgan fingerprint density at radius 3 is 2.79 bits per heavy atom. The molecule has 0 spiro atoms. The van der Waals surface area contributed by atoms with Crippen molar-refractivity contribution in [2.24, 2.45) is 0 Å². The Hall–Kier alpha value is -1.12. The number of hydrogen-bond acceptors (Lipinski definition) is 4. The molecule has 0 saturated carbocycles. The van der Waals surface area contributed by atoms with Gasteiger partial charge in [0, 0.05) is 29.2 Å². The first-order chi connectivity index (χ1) is 8.88. The number of carbonyl (C=O) groups excluding carboxylic acids is 1. The fourth-order valence-electron chi connectivity index (χ4n) is 1.84. The van der Waals surface area contributed by atoms with E-state index in [4.69, 9.17) is 5.73 Å². The van der Waals surface area contributed by atoms with Gasteiger partial charge >= 0.3 is 0 Å². The lowest BCUT2D eigenvalue weighted by Crippen LogP contribution is -2.47. The minimum atomic E-state index is -3.66. The number of hydrogen-bond donors (Lipinski definition) is 3. The lowest BCUT2D eigenvalue weighted by molar-refractivity contribution is -0.122. The molecule has 19 heavy (non-hydrogen) atoms. The van der Waals surface area contributed by atoms with Crippen LogP contribution in [-0.4, -0.2) is 26.9 Å². The summed E-state index contributed by atoms with van der Waals surface area (Å²) < 4.78 is 27.5. The van der Waals surface area contributed by atoms with Crippen LogP contribution in [0.5, 0.6) is 0 Å². The van der Waals surface area contributed by atoms with Crippen molar-refractivity contribution in [3.05, 3.63) is 22.7 Å². The molecule has 0 bridgehead atoms. The number of amides is 1. The van der Waals surface area contributed by atoms with Gasteiger partial charge in [0.2, 0.25) is 15.9 Å². The van der Waals surface area contributed by atoms with Crippen molar-refractivity contribution in [2.75, 3.05) is 12.3 Å². The molecule has 1 fully saturated rings. The molecule has 0 radical (unpaired) electrons. The number of anilines is 1. The number of carbonyl (C=O) groups is 1. The van der Waals surface area contributed by atoms with Crippen molar-refractivity contribution in [3.63, 3.8) is 0 Å². The second-order valence-electron chi connectivity index (χ2n) is 4.35. The van der Waals surface area contributed by atoms with Gasteiger partial charge in [-0.1, -0.05) is 0 Å². The van der Waals surface area contributed by atoms with Crippen LogP contribution in [0.3, 0.4) is 0 Å². The van der Waals surface area contributed by atoms with E-state index in [2.05, 4.69) is 26.0 Å². The first-order valence-electron chi connectivity index (χ1n) is 5.72. The first kappa shape index (κ1) is 14.3. The lowest BCUT2D eigenvalue weighted by Gasteiger charge is -2.23. The zero-order chi connectivity index (χ0) is 14.0. The fourth-order valence-corrected chi connectivity index (χ4v) is 4.11. The highest BCUT2D eigenvalue weighted by Gasteiger charge is 2.25. The Bertz CT molecular complexity index is 593. The molecule has 1 amide bonds. The van der Waals surface area contributed by atoms with Gasteiger partial charge in [-0.2, -0.15) is 0 Å². The molecule has 104 valence electrons. The van der Waals surface area contributed by atoms with Gasteiger partial charge in [0.15, 0.2) is 0 Å². The van der Waals surface area contributed by atoms with Crippen molar-refractivity contribution < 1.29 is 13.2 Å². The normalized spacial score (nSPS) is 20.1. The average molecular weight is 348 g/mol. The van der Waals surface area contributed by atoms with E-state index in [1.807, 2.05) is 0 Å². The molecule has 1 aromatic rings. The summed E-state index contributed by atoms with van der Waals surface area (Å²) in [5, 5.41) is 2.63. The molecule has 1 heterocycles. The molecule has 4 N–H and O–H groups in total. The lowest BCUT2D eigenvalue weighted by atomic mass is 10.1. The number of rotatable bonds is 3. The summed E-state index contributed by atoms with van der Waals surface area (Å²) in [6, 6.07) is 4.31. The minimum Gasteiger partial charge on any atom is -0.399 e. The number of nitrogens with two attached hydrogens (primary N) is 1. The summed E-state index contributed by atoms with van der Waals surface area (Å²) >= 11 is 3.20. The molecule has 2 rings (SSSR count). The maximum Gasteiger partial charge on any atom is 0.242 e. The van der Waals surface area contributed by atoms with E-state index in [1.54, 1.807) is 12.1 Å². The van der Waals surface area contributed by atoms with E-state index < -0.39 is 10.0 Å². The second-order valence-corrected chi connectivity index (χ2v) is 6.89. The Kier molecular flexibility index (Phi) is 4.12. The number of piperidine rings is 1. The number of nitrogen functional groups attached to an aromatic ring is 1. The molecule has 6 nitrogen and oxygen atoms in total. The van der Waals surface area contributed by atoms with Crippen molar-refractivity contribution in [2.45, 2.75) is 23.8 Å². The molecule has 1 saturated heterocycles. The van der Waals surface area contributed by atoms with Gasteiger partial charge < -0.3 is 11.1 Å². The fraction of sp³-hybridized carbons (Fsp3) is 0.364. The molecule has 1 atom stereocenters. The van der Waals surface area contributed by atoms with E-state index in [9.17, 15) is 13.2 Å². The number of sulfonamides is 1. The predicted molar refractivity (Wildman–Crippen MR) is 74.9 cm³/mol. The SMILES string of the molecule is Nc1ccc(Br)c(S(=O)(=O)NC2CCC(=O)NC2)c1. The third-order valence-corrected chi connectivity index (χ3v) is 5.35. The topological polar surface area (TPSA) is 101 Å². The van der Waals surface area contributed by atoms with E-state index in [-0.39, 0.29) is 16.8 Å². The van der Waals surface area contributed by atoms with Crippen molar-refractivity contribution in [1.82, 2.24) is 10.0 Å². The predicted octanol–water partition coefficient (Wildman–Crippen LogP) is 0.588. The highest BCUT2D eigenvalue weighted by atomic mass is 79.9. The van der Waals surface area contributed by atoms with Crippen molar-refractivity contribution in [3.8, 4) is 0 Å². The number of nitrogens with one attached hydrogen (secondary N) is 2. The first-order valence-corrected chi connectivity index (χ1v) is 8.00. The van der Waals surface area contributed by atoms with Gasteiger partial charge in [0.25, 0.3) is 0 Å². The van der Waals surface area contributed by atoms with Crippen LogP contribution in [0.25, 0.3) is 0 Å². The van der Waals surface area contributed by atoms with Gasteiger partial charge in [-0.25, -0.2) is 13.1 Å².